The van der Waals surface area contributed by atoms with Crippen molar-refractivity contribution >= 4 is 29.1 Å². The molecule has 2 N–H and O–H groups in total. The zero-order valence-electron chi connectivity index (χ0n) is 10.8. The smallest absolute Gasteiger partial charge is 0.258 e. The Balaban J connectivity index is 2.48. The number of carbonyl (C=O) groups is 1. The van der Waals surface area contributed by atoms with Crippen LogP contribution in [0.2, 0.25) is 10.0 Å². The van der Waals surface area contributed by atoms with Crippen LogP contribution in [0.25, 0.3) is 0 Å². The Morgan fingerprint density at radius 3 is 2.74 bits per heavy atom. The molecule has 2 atom stereocenters. The molecule has 0 fully saturated rings. The highest BCUT2D eigenvalue weighted by atomic mass is 35.5. The fourth-order valence-electron chi connectivity index (χ4n) is 1.33. The third-order valence-electron chi connectivity index (χ3n) is 2.78. The van der Waals surface area contributed by atoms with E-state index in [4.69, 9.17) is 33.0 Å². The minimum absolute atomic E-state index is 0.0151. The van der Waals surface area contributed by atoms with Crippen LogP contribution < -0.4 is 10.1 Å². The average molecular weight is 306 g/mol. The summed E-state index contributed by atoms with van der Waals surface area (Å²) in [6.45, 7) is 3.54. The molecule has 0 aliphatic carbocycles. The summed E-state index contributed by atoms with van der Waals surface area (Å²) < 4.78 is 5.30. The van der Waals surface area contributed by atoms with Crippen LogP contribution in [0.4, 0.5) is 0 Å². The third-order valence-corrected chi connectivity index (χ3v) is 3.33. The van der Waals surface area contributed by atoms with Gasteiger partial charge in [0.2, 0.25) is 0 Å². The highest BCUT2D eigenvalue weighted by Crippen LogP contribution is 2.27. The predicted octanol–water partition coefficient (Wildman–Crippen LogP) is 2.51. The molecule has 0 saturated heterocycles. The number of aliphatic hydroxyl groups is 1. The minimum Gasteiger partial charge on any atom is -0.482 e. The average Bonchev–Trinajstić information content (AvgIpc) is 2.38. The number of carbonyl (C=O) groups excluding carboxylic acids is 1. The van der Waals surface area contributed by atoms with E-state index >= 15 is 0 Å². The summed E-state index contributed by atoms with van der Waals surface area (Å²) in [6, 6.07) is 4.67. The molecule has 1 aromatic rings. The van der Waals surface area contributed by atoms with Crippen LogP contribution in [-0.4, -0.2) is 30.3 Å². The van der Waals surface area contributed by atoms with Crippen LogP contribution in [-0.2, 0) is 4.79 Å². The lowest BCUT2D eigenvalue weighted by Gasteiger charge is -2.19. The van der Waals surface area contributed by atoms with E-state index in [1.54, 1.807) is 18.2 Å². The molecule has 0 heterocycles. The van der Waals surface area contributed by atoms with Crippen molar-refractivity contribution in [3.8, 4) is 5.75 Å². The van der Waals surface area contributed by atoms with Gasteiger partial charge in [0, 0.05) is 23.7 Å². The van der Waals surface area contributed by atoms with Crippen LogP contribution in [0.1, 0.15) is 13.8 Å². The number of rotatable bonds is 6. The van der Waals surface area contributed by atoms with Crippen LogP contribution >= 0.6 is 23.2 Å². The van der Waals surface area contributed by atoms with Crippen LogP contribution in [0, 0.1) is 5.92 Å². The molecular weight excluding hydrogens is 289 g/mol. The van der Waals surface area contributed by atoms with E-state index in [1.165, 1.54) is 0 Å². The van der Waals surface area contributed by atoms with Gasteiger partial charge in [-0.25, -0.2) is 0 Å². The number of halogens is 2. The van der Waals surface area contributed by atoms with Gasteiger partial charge in [-0.2, -0.15) is 0 Å². The van der Waals surface area contributed by atoms with Crippen molar-refractivity contribution in [3.05, 3.63) is 28.2 Å². The fraction of sp³-hybridized carbons (Fsp3) is 0.462. The lowest BCUT2D eigenvalue weighted by Crippen LogP contribution is -2.40. The number of benzene rings is 1. The number of nitrogens with one attached hydrogen (secondary N) is 1. The summed E-state index contributed by atoms with van der Waals surface area (Å²) in [5.41, 5.74) is 0. The predicted molar refractivity (Wildman–Crippen MR) is 75.8 cm³/mol. The highest BCUT2D eigenvalue weighted by molar-refractivity contribution is 6.34. The number of hydrogen-bond donors (Lipinski definition) is 2. The fourth-order valence-corrected chi connectivity index (χ4v) is 1.66. The van der Waals surface area contributed by atoms with Gasteiger partial charge in [0.05, 0.1) is 5.02 Å². The quantitative estimate of drug-likeness (QED) is 0.849. The molecule has 0 spiro atoms. The summed E-state index contributed by atoms with van der Waals surface area (Å²) in [7, 11) is 0. The molecule has 0 aromatic heterocycles. The normalized spacial score (nSPS) is 13.7. The van der Waals surface area contributed by atoms with Crippen molar-refractivity contribution in [1.82, 2.24) is 5.32 Å². The first-order valence-electron chi connectivity index (χ1n) is 5.92. The second kappa shape index (κ2) is 7.58. The summed E-state index contributed by atoms with van der Waals surface area (Å²) in [6.07, 6.45) is 0. The van der Waals surface area contributed by atoms with Gasteiger partial charge < -0.3 is 15.2 Å². The zero-order valence-corrected chi connectivity index (χ0v) is 12.3. The molecule has 1 amide bonds. The van der Waals surface area contributed by atoms with E-state index in [9.17, 15) is 4.79 Å². The van der Waals surface area contributed by atoms with Crippen molar-refractivity contribution in [1.29, 1.82) is 0 Å². The molecule has 0 bridgehead atoms. The summed E-state index contributed by atoms with van der Waals surface area (Å²) >= 11 is 11.7. The Hall–Kier alpha value is -0.970. The zero-order chi connectivity index (χ0) is 14.4. The standard InChI is InChI=1S/C13H17Cl2NO3/c1-8(6-17)9(2)16-13(18)7-19-12-5-10(14)3-4-11(12)15/h3-5,8-9,17H,6-7H2,1-2H3,(H,16,18). The van der Waals surface area contributed by atoms with Gasteiger partial charge in [0.15, 0.2) is 6.61 Å². The van der Waals surface area contributed by atoms with E-state index in [-0.39, 0.29) is 31.1 Å². The lowest BCUT2D eigenvalue weighted by molar-refractivity contribution is -0.124. The molecule has 0 radical (unpaired) electrons. The molecule has 19 heavy (non-hydrogen) atoms. The molecule has 6 heteroatoms. The first kappa shape index (κ1) is 16.1. The summed E-state index contributed by atoms with van der Waals surface area (Å²) in [4.78, 5) is 11.6. The van der Waals surface area contributed by atoms with Gasteiger partial charge in [-0.3, -0.25) is 4.79 Å². The molecule has 4 nitrogen and oxygen atoms in total. The van der Waals surface area contributed by atoms with Gasteiger partial charge in [0.25, 0.3) is 5.91 Å². The van der Waals surface area contributed by atoms with Gasteiger partial charge in [-0.15, -0.1) is 0 Å². The molecule has 1 aromatic carbocycles. The molecule has 0 aliphatic heterocycles. The molecule has 106 valence electrons. The Kier molecular flexibility index (Phi) is 6.42. The van der Waals surface area contributed by atoms with Gasteiger partial charge >= 0.3 is 0 Å². The lowest BCUT2D eigenvalue weighted by atomic mass is 10.1. The molecule has 0 saturated carbocycles. The Bertz CT molecular complexity index is 440. The number of amides is 1. The van der Waals surface area contributed by atoms with Crippen molar-refractivity contribution in [2.24, 2.45) is 5.92 Å². The van der Waals surface area contributed by atoms with E-state index in [2.05, 4.69) is 5.32 Å². The minimum atomic E-state index is -0.274. The van der Waals surface area contributed by atoms with E-state index in [0.717, 1.165) is 0 Å². The van der Waals surface area contributed by atoms with E-state index in [1.807, 2.05) is 13.8 Å². The van der Waals surface area contributed by atoms with Crippen molar-refractivity contribution in [2.45, 2.75) is 19.9 Å². The monoisotopic (exact) mass is 305 g/mol. The van der Waals surface area contributed by atoms with Gasteiger partial charge in [0.1, 0.15) is 5.75 Å². The van der Waals surface area contributed by atoms with Crippen LogP contribution in [0.15, 0.2) is 18.2 Å². The summed E-state index contributed by atoms with van der Waals surface area (Å²) in [5.74, 6) is 0.0785. The number of aliphatic hydroxyl groups excluding tert-OH is 1. The van der Waals surface area contributed by atoms with Crippen molar-refractivity contribution in [3.63, 3.8) is 0 Å². The maximum absolute atomic E-state index is 11.6. The second-order valence-electron chi connectivity index (χ2n) is 4.38. The largest absolute Gasteiger partial charge is 0.482 e. The summed E-state index contributed by atoms with van der Waals surface area (Å²) in [5, 5.41) is 12.6. The highest BCUT2D eigenvalue weighted by Gasteiger charge is 2.14. The third kappa shape index (κ3) is 5.27. The van der Waals surface area contributed by atoms with Gasteiger partial charge in [-0.1, -0.05) is 30.1 Å². The number of hydrogen-bond acceptors (Lipinski definition) is 3. The van der Waals surface area contributed by atoms with Crippen LogP contribution in [0.5, 0.6) is 5.75 Å². The van der Waals surface area contributed by atoms with Crippen LogP contribution in [0.3, 0.4) is 0 Å². The first-order chi connectivity index (χ1) is 8.93. The maximum Gasteiger partial charge on any atom is 0.258 e. The van der Waals surface area contributed by atoms with E-state index in [0.29, 0.717) is 15.8 Å². The topological polar surface area (TPSA) is 58.6 Å². The number of ether oxygens (including phenoxy) is 1. The Morgan fingerprint density at radius 2 is 2.11 bits per heavy atom. The molecule has 2 unspecified atom stereocenters. The van der Waals surface area contributed by atoms with Crippen molar-refractivity contribution < 1.29 is 14.6 Å². The second-order valence-corrected chi connectivity index (χ2v) is 5.22. The Labute approximate surface area is 122 Å². The molecule has 1 rings (SSSR count). The molecule has 0 aliphatic rings. The molecular formula is C13H17Cl2NO3. The maximum atomic E-state index is 11.6. The van der Waals surface area contributed by atoms with Crippen molar-refractivity contribution in [2.75, 3.05) is 13.2 Å². The SMILES string of the molecule is CC(CO)C(C)NC(=O)COc1cc(Cl)ccc1Cl. The van der Waals surface area contributed by atoms with Gasteiger partial charge in [-0.05, 0) is 25.0 Å². The first-order valence-corrected chi connectivity index (χ1v) is 6.67. The Morgan fingerprint density at radius 1 is 1.42 bits per heavy atom. The van der Waals surface area contributed by atoms with E-state index < -0.39 is 0 Å².